The molecule has 1 aliphatic carbocycles. The van der Waals surface area contributed by atoms with Crippen molar-refractivity contribution < 1.29 is 19.1 Å². The van der Waals surface area contributed by atoms with Crippen LogP contribution in [0.5, 0.6) is 0 Å². The Balaban J connectivity index is 2.17. The van der Waals surface area contributed by atoms with Crippen molar-refractivity contribution in [1.29, 1.82) is 0 Å². The minimum absolute atomic E-state index is 0.0310. The van der Waals surface area contributed by atoms with Gasteiger partial charge in [0, 0.05) is 20.1 Å². The Labute approximate surface area is 145 Å². The summed E-state index contributed by atoms with van der Waals surface area (Å²) in [6.07, 6.45) is 4.27. The molecule has 1 aliphatic heterocycles. The summed E-state index contributed by atoms with van der Waals surface area (Å²) in [5, 5.41) is 2.86. The minimum atomic E-state index is -0.590. The lowest BCUT2D eigenvalue weighted by Crippen LogP contribution is -2.57. The summed E-state index contributed by atoms with van der Waals surface area (Å²) in [5.74, 6) is 0.652. The van der Waals surface area contributed by atoms with E-state index in [1.54, 1.807) is 12.0 Å². The normalized spacial score (nSPS) is 30.1. The number of hydrogen-bond acceptors (Lipinski definition) is 4. The lowest BCUT2D eigenvalue weighted by molar-refractivity contribution is -0.163. The molecule has 2 rings (SSSR count). The van der Waals surface area contributed by atoms with E-state index in [2.05, 4.69) is 12.2 Å². The molecule has 138 valence electrons. The average molecular weight is 340 g/mol. The van der Waals surface area contributed by atoms with Gasteiger partial charge in [0.2, 0.25) is 11.8 Å². The number of carbonyl (C=O) groups is 2. The summed E-state index contributed by atoms with van der Waals surface area (Å²) in [4.78, 5) is 27.3. The van der Waals surface area contributed by atoms with Gasteiger partial charge in [-0.05, 0) is 31.1 Å². The maximum Gasteiger partial charge on any atom is 0.245 e. The minimum Gasteiger partial charge on any atom is -0.383 e. The molecule has 0 aromatic carbocycles. The van der Waals surface area contributed by atoms with Crippen LogP contribution in [0.25, 0.3) is 0 Å². The van der Waals surface area contributed by atoms with Crippen LogP contribution in [0.3, 0.4) is 0 Å². The van der Waals surface area contributed by atoms with Crippen molar-refractivity contribution >= 4 is 11.8 Å². The van der Waals surface area contributed by atoms with Crippen LogP contribution in [-0.4, -0.2) is 55.3 Å². The summed E-state index contributed by atoms with van der Waals surface area (Å²) >= 11 is 0. The molecule has 2 fully saturated rings. The summed E-state index contributed by atoms with van der Waals surface area (Å²) in [7, 11) is 1.60. The first-order valence-electron chi connectivity index (χ1n) is 9.12. The highest BCUT2D eigenvalue weighted by Crippen LogP contribution is 2.43. The molecule has 2 amide bonds. The molecule has 1 saturated carbocycles. The van der Waals surface area contributed by atoms with Crippen molar-refractivity contribution in [3.63, 3.8) is 0 Å². The monoisotopic (exact) mass is 340 g/mol. The Bertz CT molecular complexity index is 454. The highest BCUT2D eigenvalue weighted by atomic mass is 16.5. The molecule has 3 atom stereocenters. The van der Waals surface area contributed by atoms with E-state index < -0.39 is 11.8 Å². The maximum absolute atomic E-state index is 12.9. The molecule has 0 bridgehead atoms. The number of methoxy groups -OCH3 is 1. The van der Waals surface area contributed by atoms with Gasteiger partial charge in [-0.2, -0.15) is 0 Å². The quantitative estimate of drug-likeness (QED) is 0.750. The fraction of sp³-hybridized carbons (Fsp3) is 0.889. The van der Waals surface area contributed by atoms with Gasteiger partial charge in [-0.25, -0.2) is 0 Å². The summed E-state index contributed by atoms with van der Waals surface area (Å²) in [6.45, 7) is 7.44. The van der Waals surface area contributed by atoms with E-state index in [1.165, 1.54) is 0 Å². The molecule has 0 unspecified atom stereocenters. The summed E-state index contributed by atoms with van der Waals surface area (Å²) in [6, 6.07) is -0.529. The van der Waals surface area contributed by atoms with Gasteiger partial charge >= 0.3 is 0 Å². The van der Waals surface area contributed by atoms with Crippen LogP contribution < -0.4 is 5.32 Å². The first-order chi connectivity index (χ1) is 11.4. The van der Waals surface area contributed by atoms with E-state index >= 15 is 0 Å². The number of nitrogens with one attached hydrogen (secondary N) is 1. The topological polar surface area (TPSA) is 67.9 Å². The van der Waals surface area contributed by atoms with Gasteiger partial charge in [0.1, 0.15) is 11.8 Å². The third kappa shape index (κ3) is 4.28. The number of amides is 2. The largest absolute Gasteiger partial charge is 0.383 e. The molecule has 0 aromatic heterocycles. The zero-order valence-corrected chi connectivity index (χ0v) is 15.5. The average Bonchev–Trinajstić information content (AvgIpc) is 2.85. The molecule has 1 spiro atoms. The Morgan fingerprint density at radius 3 is 2.79 bits per heavy atom. The predicted octanol–water partition coefficient (Wildman–Crippen LogP) is 1.93. The van der Waals surface area contributed by atoms with Crippen molar-refractivity contribution in [2.75, 3.05) is 26.9 Å². The van der Waals surface area contributed by atoms with Gasteiger partial charge in [0.05, 0.1) is 13.2 Å². The van der Waals surface area contributed by atoms with E-state index in [-0.39, 0.29) is 24.3 Å². The second-order valence-corrected chi connectivity index (χ2v) is 7.62. The molecule has 0 radical (unpaired) electrons. The molecule has 2 aliphatic rings. The van der Waals surface area contributed by atoms with Crippen molar-refractivity contribution in [3.05, 3.63) is 0 Å². The van der Waals surface area contributed by atoms with Crippen LogP contribution in [-0.2, 0) is 19.1 Å². The zero-order valence-electron chi connectivity index (χ0n) is 15.5. The summed E-state index contributed by atoms with van der Waals surface area (Å²) < 4.78 is 11.1. The molecule has 1 saturated heterocycles. The fourth-order valence-electron chi connectivity index (χ4n) is 3.92. The van der Waals surface area contributed by atoms with Gasteiger partial charge in [0.25, 0.3) is 0 Å². The predicted molar refractivity (Wildman–Crippen MR) is 91.3 cm³/mol. The van der Waals surface area contributed by atoms with Crippen LogP contribution in [0.15, 0.2) is 0 Å². The Kier molecular flexibility index (Phi) is 6.63. The van der Waals surface area contributed by atoms with Gasteiger partial charge in [-0.1, -0.05) is 27.2 Å². The number of nitrogens with zero attached hydrogens (tertiary/aromatic N) is 1. The number of carbonyl (C=O) groups excluding carboxylic acids is 2. The van der Waals surface area contributed by atoms with Gasteiger partial charge in [-0.3, -0.25) is 14.5 Å². The third-order valence-electron chi connectivity index (χ3n) is 4.95. The zero-order chi connectivity index (χ0) is 17.7. The van der Waals surface area contributed by atoms with Crippen LogP contribution >= 0.6 is 0 Å². The molecule has 1 N–H and O–H groups in total. The van der Waals surface area contributed by atoms with Crippen molar-refractivity contribution in [1.82, 2.24) is 10.2 Å². The smallest absolute Gasteiger partial charge is 0.245 e. The number of hydrogen-bond donors (Lipinski definition) is 1. The maximum atomic E-state index is 12.9. The van der Waals surface area contributed by atoms with E-state index in [0.717, 1.165) is 25.7 Å². The first-order valence-corrected chi connectivity index (χ1v) is 9.12. The van der Waals surface area contributed by atoms with Crippen molar-refractivity contribution in [3.8, 4) is 0 Å². The van der Waals surface area contributed by atoms with E-state index in [4.69, 9.17) is 9.47 Å². The summed E-state index contributed by atoms with van der Waals surface area (Å²) in [5.41, 5.74) is -0.590. The van der Waals surface area contributed by atoms with Crippen LogP contribution in [0, 0.1) is 11.8 Å². The molecule has 1 heterocycles. The van der Waals surface area contributed by atoms with Crippen molar-refractivity contribution in [2.24, 2.45) is 11.8 Å². The number of ether oxygens (including phenoxy) is 2. The van der Waals surface area contributed by atoms with Crippen LogP contribution in [0.2, 0.25) is 0 Å². The fourth-order valence-corrected chi connectivity index (χ4v) is 3.92. The highest BCUT2D eigenvalue weighted by molar-refractivity contribution is 5.88. The van der Waals surface area contributed by atoms with Gasteiger partial charge < -0.3 is 14.8 Å². The molecular formula is C18H32N2O4. The van der Waals surface area contributed by atoms with E-state index in [1.807, 2.05) is 13.8 Å². The second kappa shape index (κ2) is 8.30. The van der Waals surface area contributed by atoms with Crippen molar-refractivity contribution in [2.45, 2.75) is 64.6 Å². The standard InChI is InChI=1S/C18H32N2O4/c1-13(2)10-16(21)20-15(17(22)19-8-9-23-4)12-24-18(20)7-5-6-14(3)11-18/h13-15H,5-12H2,1-4H3,(H,19,22)/t14-,15-,18+/m0/s1. The molecule has 24 heavy (non-hydrogen) atoms. The first kappa shape index (κ1) is 19.2. The molecular weight excluding hydrogens is 308 g/mol. The molecule has 6 heteroatoms. The van der Waals surface area contributed by atoms with Gasteiger partial charge in [0.15, 0.2) is 0 Å². The molecule has 0 aromatic rings. The van der Waals surface area contributed by atoms with Crippen LogP contribution in [0.1, 0.15) is 52.9 Å². The lowest BCUT2D eigenvalue weighted by Gasteiger charge is -2.43. The lowest BCUT2D eigenvalue weighted by atomic mass is 9.83. The third-order valence-corrected chi connectivity index (χ3v) is 4.95. The highest BCUT2D eigenvalue weighted by Gasteiger charge is 2.53. The van der Waals surface area contributed by atoms with Crippen LogP contribution in [0.4, 0.5) is 0 Å². The second-order valence-electron chi connectivity index (χ2n) is 7.62. The molecule has 6 nitrogen and oxygen atoms in total. The van der Waals surface area contributed by atoms with E-state index in [9.17, 15) is 9.59 Å². The SMILES string of the molecule is COCCNC(=O)[C@@H]1CO[C@@]2(CCC[C@H](C)C2)N1C(=O)CC(C)C. The number of rotatable bonds is 6. The Morgan fingerprint density at radius 1 is 1.42 bits per heavy atom. The van der Waals surface area contributed by atoms with E-state index in [0.29, 0.717) is 25.5 Å². The Hall–Kier alpha value is -1.14. The van der Waals surface area contributed by atoms with Gasteiger partial charge in [-0.15, -0.1) is 0 Å². The Morgan fingerprint density at radius 2 is 2.17 bits per heavy atom.